The lowest BCUT2D eigenvalue weighted by Gasteiger charge is -2.15. The van der Waals surface area contributed by atoms with Gasteiger partial charge in [0.25, 0.3) is 0 Å². The van der Waals surface area contributed by atoms with E-state index in [0.717, 1.165) is 99.8 Å². The van der Waals surface area contributed by atoms with Crippen LogP contribution in [0, 0.1) is 0 Å². The van der Waals surface area contributed by atoms with Crippen LogP contribution >= 0.6 is 0 Å². The average molecular weight is 726 g/mol. The standard InChI is InChI=1S/C52H31N5/c1-3-15-32(16-4-1)48-39-22-9-12-24-44(39)53-51(55-48)34-27-28-47-41(29-34)36-19-7-8-20-37(36)42-30-35(31-43-38-21-11-14-26-46(38)57(47)50(42)43)52-54-45-25-13-10-23-40(45)49(56-52)33-17-5-2-6-18-33/h1-31H. The molecule has 5 heteroatoms. The molecule has 0 bridgehead atoms. The molecular formula is C52H31N5. The zero-order chi connectivity index (χ0) is 37.5. The Balaban J connectivity index is 1.12. The van der Waals surface area contributed by atoms with Crippen LogP contribution in [0.3, 0.4) is 0 Å². The number of hydrogen-bond donors (Lipinski definition) is 0. The Bertz CT molecular complexity index is 3400. The highest BCUT2D eigenvalue weighted by Gasteiger charge is 2.27. The minimum Gasteiger partial charge on any atom is -0.308 e. The van der Waals surface area contributed by atoms with E-state index in [0.29, 0.717) is 11.6 Å². The first kappa shape index (κ1) is 31.6. The average Bonchev–Trinajstić information content (AvgIpc) is 3.56. The summed E-state index contributed by atoms with van der Waals surface area (Å²) in [7, 11) is 0. The fourth-order valence-corrected chi connectivity index (χ4v) is 8.76. The smallest absolute Gasteiger partial charge is 0.160 e. The van der Waals surface area contributed by atoms with Gasteiger partial charge in [0.2, 0.25) is 0 Å². The number of rotatable bonds is 4. The second-order valence-electron chi connectivity index (χ2n) is 14.6. The Morgan fingerprint density at radius 2 is 0.825 bits per heavy atom. The summed E-state index contributed by atoms with van der Waals surface area (Å²) in [6.07, 6.45) is 0. The van der Waals surface area contributed by atoms with E-state index in [-0.39, 0.29) is 0 Å². The first-order valence-electron chi connectivity index (χ1n) is 19.2. The Labute approximate surface area is 328 Å². The van der Waals surface area contributed by atoms with E-state index in [1.807, 2.05) is 24.3 Å². The SMILES string of the molecule is c1ccc(-c2nc(-c3ccc4c(c3)-c3ccccc3-c3cc(-c5nc(-c6ccccc6)c6ccccc6n5)cc5c6ccccc6n-4c35)nc3ccccc23)cc1. The Kier molecular flexibility index (Phi) is 6.86. The maximum Gasteiger partial charge on any atom is 0.160 e. The molecule has 0 atom stereocenters. The van der Waals surface area contributed by atoms with Crippen LogP contribution in [0.5, 0.6) is 0 Å². The second-order valence-corrected chi connectivity index (χ2v) is 14.6. The molecule has 0 fully saturated rings. The molecule has 0 saturated heterocycles. The van der Waals surface area contributed by atoms with E-state index in [1.54, 1.807) is 0 Å². The van der Waals surface area contributed by atoms with E-state index in [4.69, 9.17) is 19.9 Å². The van der Waals surface area contributed by atoms with Gasteiger partial charge in [-0.1, -0.05) is 140 Å². The predicted molar refractivity (Wildman–Crippen MR) is 233 cm³/mol. The van der Waals surface area contributed by atoms with Gasteiger partial charge in [0, 0.05) is 54.9 Å². The zero-order valence-electron chi connectivity index (χ0n) is 30.6. The van der Waals surface area contributed by atoms with Gasteiger partial charge in [-0.2, -0.15) is 0 Å². The van der Waals surface area contributed by atoms with Crippen molar-refractivity contribution in [2.75, 3.05) is 0 Å². The number of nitrogens with zero attached hydrogens (tertiary/aromatic N) is 5. The van der Waals surface area contributed by atoms with E-state index in [1.165, 1.54) is 5.39 Å². The highest BCUT2D eigenvalue weighted by Crippen LogP contribution is 2.49. The molecule has 0 saturated carbocycles. The van der Waals surface area contributed by atoms with Gasteiger partial charge in [-0.25, -0.2) is 19.9 Å². The molecule has 3 aromatic heterocycles. The molecule has 5 nitrogen and oxygen atoms in total. The predicted octanol–water partition coefficient (Wildman–Crippen LogP) is 13.0. The van der Waals surface area contributed by atoms with Crippen molar-refractivity contribution >= 4 is 43.6 Å². The van der Waals surface area contributed by atoms with Crippen molar-refractivity contribution in [3.63, 3.8) is 0 Å². The van der Waals surface area contributed by atoms with Crippen molar-refractivity contribution in [2.24, 2.45) is 0 Å². The van der Waals surface area contributed by atoms with Crippen LogP contribution in [0.4, 0.5) is 0 Å². The van der Waals surface area contributed by atoms with E-state index < -0.39 is 0 Å². The first-order valence-corrected chi connectivity index (χ1v) is 19.2. The summed E-state index contributed by atoms with van der Waals surface area (Å²) in [6.45, 7) is 0. The summed E-state index contributed by atoms with van der Waals surface area (Å²) < 4.78 is 2.44. The monoisotopic (exact) mass is 725 g/mol. The van der Waals surface area contributed by atoms with Gasteiger partial charge in [0.05, 0.1) is 39.1 Å². The molecule has 8 aromatic carbocycles. The molecule has 1 aliphatic rings. The molecule has 0 unspecified atom stereocenters. The minimum absolute atomic E-state index is 0.696. The minimum atomic E-state index is 0.696. The molecule has 1 aliphatic heterocycles. The molecule has 4 heterocycles. The van der Waals surface area contributed by atoms with Gasteiger partial charge in [0.15, 0.2) is 11.6 Å². The van der Waals surface area contributed by atoms with E-state index in [2.05, 4.69) is 168 Å². The van der Waals surface area contributed by atoms with Crippen molar-refractivity contribution in [3.8, 4) is 73.2 Å². The number of aromatic nitrogens is 5. The second kappa shape index (κ2) is 12.4. The molecule has 0 radical (unpaired) electrons. The number of benzene rings is 8. The third-order valence-electron chi connectivity index (χ3n) is 11.3. The van der Waals surface area contributed by atoms with E-state index in [9.17, 15) is 0 Å². The molecule has 12 rings (SSSR count). The first-order chi connectivity index (χ1) is 28.3. The molecule has 0 N–H and O–H groups in total. The van der Waals surface area contributed by atoms with Gasteiger partial charge < -0.3 is 4.57 Å². The topological polar surface area (TPSA) is 56.5 Å². The van der Waals surface area contributed by atoms with Crippen molar-refractivity contribution < 1.29 is 0 Å². The maximum atomic E-state index is 5.31. The fraction of sp³-hybridized carbons (Fsp3) is 0. The van der Waals surface area contributed by atoms with Crippen molar-refractivity contribution in [1.82, 2.24) is 24.5 Å². The summed E-state index contributed by atoms with van der Waals surface area (Å²) in [4.78, 5) is 20.9. The quantitative estimate of drug-likeness (QED) is 0.181. The van der Waals surface area contributed by atoms with Crippen LogP contribution in [-0.2, 0) is 0 Å². The molecule has 0 amide bonds. The Morgan fingerprint density at radius 3 is 1.47 bits per heavy atom. The Hall–Kier alpha value is -7.76. The van der Waals surface area contributed by atoms with Gasteiger partial charge in [-0.3, -0.25) is 0 Å². The highest BCUT2D eigenvalue weighted by molar-refractivity contribution is 6.18. The molecular weight excluding hydrogens is 695 g/mol. The fourth-order valence-electron chi connectivity index (χ4n) is 8.76. The summed E-state index contributed by atoms with van der Waals surface area (Å²) in [6, 6.07) is 66.1. The lowest BCUT2D eigenvalue weighted by Crippen LogP contribution is -1.99. The van der Waals surface area contributed by atoms with Crippen molar-refractivity contribution in [2.45, 2.75) is 0 Å². The van der Waals surface area contributed by atoms with Gasteiger partial charge in [0.1, 0.15) is 0 Å². The molecule has 0 aliphatic carbocycles. The van der Waals surface area contributed by atoms with Crippen LogP contribution in [0.2, 0.25) is 0 Å². The third kappa shape index (κ3) is 4.89. The Morgan fingerprint density at radius 1 is 0.316 bits per heavy atom. The summed E-state index contributed by atoms with van der Waals surface area (Å²) in [5.41, 5.74) is 15.7. The van der Waals surface area contributed by atoms with Crippen LogP contribution < -0.4 is 0 Å². The largest absolute Gasteiger partial charge is 0.308 e. The maximum absolute atomic E-state index is 5.31. The van der Waals surface area contributed by atoms with Gasteiger partial charge in [-0.05, 0) is 59.7 Å². The van der Waals surface area contributed by atoms with Gasteiger partial charge >= 0.3 is 0 Å². The lowest BCUT2D eigenvalue weighted by atomic mass is 9.91. The molecule has 11 aromatic rings. The van der Waals surface area contributed by atoms with E-state index >= 15 is 0 Å². The summed E-state index contributed by atoms with van der Waals surface area (Å²) >= 11 is 0. The van der Waals surface area contributed by atoms with Crippen LogP contribution in [0.25, 0.3) is 117 Å². The highest BCUT2D eigenvalue weighted by atomic mass is 15.0. The van der Waals surface area contributed by atoms with Crippen molar-refractivity contribution in [1.29, 1.82) is 0 Å². The summed E-state index contributed by atoms with van der Waals surface area (Å²) in [5.74, 6) is 1.40. The molecule has 57 heavy (non-hydrogen) atoms. The van der Waals surface area contributed by atoms with Crippen LogP contribution in [0.1, 0.15) is 0 Å². The number of fused-ring (bicyclic) bond motifs is 10. The van der Waals surface area contributed by atoms with Crippen LogP contribution in [0.15, 0.2) is 188 Å². The molecule has 0 spiro atoms. The van der Waals surface area contributed by atoms with Gasteiger partial charge in [-0.15, -0.1) is 0 Å². The summed E-state index contributed by atoms with van der Waals surface area (Å²) in [5, 5.41) is 4.41. The zero-order valence-corrected chi connectivity index (χ0v) is 30.6. The van der Waals surface area contributed by atoms with Crippen molar-refractivity contribution in [3.05, 3.63) is 188 Å². The number of hydrogen-bond acceptors (Lipinski definition) is 4. The van der Waals surface area contributed by atoms with Crippen LogP contribution in [-0.4, -0.2) is 24.5 Å². The number of para-hydroxylation sites is 3. The lowest BCUT2D eigenvalue weighted by molar-refractivity contribution is 1.18. The normalized spacial score (nSPS) is 11.9. The third-order valence-corrected chi connectivity index (χ3v) is 11.3. The molecule has 264 valence electrons.